The minimum absolute atomic E-state index is 0.0467. The minimum Gasteiger partial charge on any atom is -0.497 e. The van der Waals surface area contributed by atoms with Crippen LogP contribution >= 0.6 is 11.8 Å². The Bertz CT molecular complexity index is 616. The molecule has 2 aromatic rings. The molecule has 0 spiro atoms. The number of pyridine rings is 1. The smallest absolute Gasteiger partial charge is 0.234 e. The van der Waals surface area contributed by atoms with Crippen molar-refractivity contribution < 1.29 is 9.53 Å². The van der Waals surface area contributed by atoms with Crippen LogP contribution in [0.2, 0.25) is 0 Å². The fraction of sp³-hybridized carbons (Fsp3) is 0.250. The van der Waals surface area contributed by atoms with Crippen molar-refractivity contribution in [1.82, 2.24) is 9.88 Å². The van der Waals surface area contributed by atoms with Gasteiger partial charge < -0.3 is 9.64 Å². The van der Waals surface area contributed by atoms with Crippen LogP contribution in [-0.4, -0.2) is 28.7 Å². The number of hydrogen-bond acceptors (Lipinski definition) is 4. The van der Waals surface area contributed by atoms with Crippen LogP contribution in [0.3, 0.4) is 0 Å². The Balaban J connectivity index is 1.81. The summed E-state index contributed by atoms with van der Waals surface area (Å²) >= 11 is 1.65. The van der Waals surface area contributed by atoms with Gasteiger partial charge in [0, 0.05) is 6.20 Å². The van der Waals surface area contributed by atoms with Gasteiger partial charge in [0.15, 0.2) is 0 Å². The van der Waals surface area contributed by atoms with Gasteiger partial charge in [0.05, 0.1) is 25.1 Å². The highest BCUT2D eigenvalue weighted by atomic mass is 32.2. The number of carbonyl (C=O) groups excluding carboxylic acids is 1. The molecule has 1 amide bonds. The fourth-order valence-corrected chi connectivity index (χ4v) is 3.52. The van der Waals surface area contributed by atoms with Crippen LogP contribution < -0.4 is 4.74 Å². The van der Waals surface area contributed by atoms with E-state index in [2.05, 4.69) is 4.98 Å². The summed E-state index contributed by atoms with van der Waals surface area (Å²) in [4.78, 5) is 18.3. The summed E-state index contributed by atoms with van der Waals surface area (Å²) in [6, 6.07) is 13.7. The summed E-state index contributed by atoms with van der Waals surface area (Å²) in [5, 5.41) is 0.0467. The molecule has 0 radical (unpaired) electrons. The molecule has 1 unspecified atom stereocenters. The van der Waals surface area contributed by atoms with Crippen molar-refractivity contribution in [3.05, 3.63) is 59.9 Å². The highest BCUT2D eigenvalue weighted by Crippen LogP contribution is 2.39. The van der Waals surface area contributed by atoms with Crippen molar-refractivity contribution in [1.29, 1.82) is 0 Å². The third-order valence-corrected chi connectivity index (χ3v) is 4.68. The average Bonchev–Trinajstić information content (AvgIpc) is 2.90. The normalized spacial score (nSPS) is 18.0. The first-order chi connectivity index (χ1) is 10.3. The van der Waals surface area contributed by atoms with E-state index in [0.717, 1.165) is 17.0 Å². The molecule has 1 saturated heterocycles. The number of methoxy groups -OCH3 is 1. The van der Waals surface area contributed by atoms with Crippen LogP contribution in [0.15, 0.2) is 48.7 Å². The molecule has 1 aromatic heterocycles. The van der Waals surface area contributed by atoms with E-state index in [9.17, 15) is 4.79 Å². The summed E-state index contributed by atoms with van der Waals surface area (Å²) < 4.78 is 5.18. The second-order valence-corrected chi connectivity index (χ2v) is 5.85. The molecule has 3 rings (SSSR count). The van der Waals surface area contributed by atoms with Crippen molar-refractivity contribution in [2.24, 2.45) is 0 Å². The maximum absolute atomic E-state index is 12.1. The summed E-state index contributed by atoms with van der Waals surface area (Å²) in [5.41, 5.74) is 2.02. The molecule has 1 aliphatic heterocycles. The van der Waals surface area contributed by atoms with Gasteiger partial charge in [-0.1, -0.05) is 18.2 Å². The van der Waals surface area contributed by atoms with Crippen molar-refractivity contribution in [2.45, 2.75) is 11.9 Å². The number of rotatable bonds is 4. The predicted molar refractivity (Wildman–Crippen MR) is 83.0 cm³/mol. The Labute approximate surface area is 128 Å². The summed E-state index contributed by atoms with van der Waals surface area (Å²) in [5.74, 6) is 1.50. The lowest BCUT2D eigenvalue weighted by Gasteiger charge is -2.24. The van der Waals surface area contributed by atoms with E-state index in [-0.39, 0.29) is 11.3 Å². The van der Waals surface area contributed by atoms with E-state index in [1.54, 1.807) is 25.1 Å². The van der Waals surface area contributed by atoms with Gasteiger partial charge >= 0.3 is 0 Å². The first kappa shape index (κ1) is 13.9. The Morgan fingerprint density at radius 2 is 2.10 bits per heavy atom. The second-order valence-electron chi connectivity index (χ2n) is 4.78. The van der Waals surface area contributed by atoms with Crippen molar-refractivity contribution in [2.75, 3.05) is 12.9 Å². The molecule has 1 atom stereocenters. The lowest BCUT2D eigenvalue weighted by molar-refractivity contribution is -0.128. The Morgan fingerprint density at radius 1 is 1.29 bits per heavy atom. The first-order valence-electron chi connectivity index (χ1n) is 6.73. The van der Waals surface area contributed by atoms with Gasteiger partial charge in [-0.05, 0) is 29.8 Å². The maximum atomic E-state index is 12.1. The maximum Gasteiger partial charge on any atom is 0.234 e. The number of amides is 1. The van der Waals surface area contributed by atoms with Crippen LogP contribution in [-0.2, 0) is 11.3 Å². The Hall–Kier alpha value is -2.01. The van der Waals surface area contributed by atoms with E-state index in [1.807, 2.05) is 47.4 Å². The average molecular weight is 300 g/mol. The number of aromatic nitrogens is 1. The molecule has 0 bridgehead atoms. The second kappa shape index (κ2) is 6.18. The Kier molecular flexibility index (Phi) is 4.10. The van der Waals surface area contributed by atoms with Gasteiger partial charge in [-0.15, -0.1) is 11.8 Å². The number of thioether (sulfide) groups is 1. The highest BCUT2D eigenvalue weighted by Gasteiger charge is 2.32. The molecule has 0 N–H and O–H groups in total. The monoisotopic (exact) mass is 300 g/mol. The standard InChI is InChI=1S/C16H16N2O2S/c1-20-14-7-5-12(6-8-14)16-18(15(19)11-21-16)10-13-4-2-3-9-17-13/h2-9,16H,10-11H2,1H3. The number of ether oxygens (including phenoxy) is 1. The molecule has 1 fully saturated rings. The first-order valence-corrected chi connectivity index (χ1v) is 7.78. The molecule has 2 heterocycles. The minimum atomic E-state index is 0.0467. The van der Waals surface area contributed by atoms with E-state index in [0.29, 0.717) is 12.3 Å². The lowest BCUT2D eigenvalue weighted by atomic mass is 10.2. The fourth-order valence-electron chi connectivity index (χ4n) is 2.34. The molecule has 108 valence electrons. The zero-order valence-corrected chi connectivity index (χ0v) is 12.5. The van der Waals surface area contributed by atoms with E-state index in [1.165, 1.54) is 0 Å². The van der Waals surface area contributed by atoms with Crippen LogP contribution in [0.1, 0.15) is 16.6 Å². The summed E-state index contributed by atoms with van der Waals surface area (Å²) in [7, 11) is 1.65. The number of nitrogens with zero attached hydrogens (tertiary/aromatic N) is 2. The summed E-state index contributed by atoms with van der Waals surface area (Å²) in [6.07, 6.45) is 1.76. The third kappa shape index (κ3) is 3.03. The van der Waals surface area contributed by atoms with Crippen LogP contribution in [0.5, 0.6) is 5.75 Å². The van der Waals surface area contributed by atoms with Gasteiger partial charge in [-0.2, -0.15) is 0 Å². The van der Waals surface area contributed by atoms with Crippen LogP contribution in [0.4, 0.5) is 0 Å². The molecular weight excluding hydrogens is 284 g/mol. The molecule has 1 aliphatic rings. The SMILES string of the molecule is COc1ccc(C2SCC(=O)N2Cc2ccccn2)cc1. The zero-order chi connectivity index (χ0) is 14.7. The van der Waals surface area contributed by atoms with Gasteiger partial charge in [0.25, 0.3) is 0 Å². The molecule has 0 aliphatic carbocycles. The lowest BCUT2D eigenvalue weighted by Crippen LogP contribution is -2.28. The highest BCUT2D eigenvalue weighted by molar-refractivity contribution is 8.00. The molecular formula is C16H16N2O2S. The third-order valence-electron chi connectivity index (χ3n) is 3.43. The van der Waals surface area contributed by atoms with E-state index in [4.69, 9.17) is 4.74 Å². The van der Waals surface area contributed by atoms with Crippen LogP contribution in [0, 0.1) is 0 Å². The van der Waals surface area contributed by atoms with E-state index < -0.39 is 0 Å². The number of carbonyl (C=O) groups is 1. The van der Waals surface area contributed by atoms with Crippen molar-refractivity contribution >= 4 is 17.7 Å². The quantitative estimate of drug-likeness (QED) is 0.871. The largest absolute Gasteiger partial charge is 0.497 e. The van der Waals surface area contributed by atoms with Gasteiger partial charge in [0.1, 0.15) is 11.1 Å². The van der Waals surface area contributed by atoms with E-state index >= 15 is 0 Å². The number of hydrogen-bond donors (Lipinski definition) is 0. The predicted octanol–water partition coefficient (Wildman–Crippen LogP) is 2.86. The van der Waals surface area contributed by atoms with Gasteiger partial charge in [-0.3, -0.25) is 9.78 Å². The Morgan fingerprint density at radius 3 is 2.76 bits per heavy atom. The van der Waals surface area contributed by atoms with Gasteiger partial charge in [-0.25, -0.2) is 0 Å². The van der Waals surface area contributed by atoms with Crippen LogP contribution in [0.25, 0.3) is 0 Å². The topological polar surface area (TPSA) is 42.4 Å². The summed E-state index contributed by atoms with van der Waals surface area (Å²) in [6.45, 7) is 0.545. The number of benzene rings is 1. The molecule has 4 nitrogen and oxygen atoms in total. The molecule has 21 heavy (non-hydrogen) atoms. The van der Waals surface area contributed by atoms with Gasteiger partial charge in [0.2, 0.25) is 5.91 Å². The van der Waals surface area contributed by atoms with Crippen molar-refractivity contribution in [3.63, 3.8) is 0 Å². The van der Waals surface area contributed by atoms with Crippen molar-refractivity contribution in [3.8, 4) is 5.75 Å². The molecule has 1 aromatic carbocycles. The zero-order valence-electron chi connectivity index (χ0n) is 11.7. The molecule has 5 heteroatoms. The molecule has 0 saturated carbocycles.